The van der Waals surface area contributed by atoms with Crippen LogP contribution in [0.15, 0.2) is 0 Å². The lowest BCUT2D eigenvalue weighted by Crippen LogP contribution is -2.43. The standard InChI is InChI=1S/C9H20N2S/c1-9-8-12-7-6-11(9)5-4-10(2)3/h9H,4-8H2,1-3H3. The molecule has 0 bridgehead atoms. The van der Waals surface area contributed by atoms with Crippen molar-refractivity contribution in [3.8, 4) is 0 Å². The number of thioether (sulfide) groups is 1. The summed E-state index contributed by atoms with van der Waals surface area (Å²) in [4.78, 5) is 4.85. The predicted octanol–water partition coefficient (Wildman–Crippen LogP) is 0.985. The maximum Gasteiger partial charge on any atom is 0.0158 e. The average Bonchev–Trinajstić information content (AvgIpc) is 2.03. The molecule has 1 saturated heterocycles. The van der Waals surface area contributed by atoms with Crippen LogP contribution in [0.5, 0.6) is 0 Å². The Balaban J connectivity index is 2.20. The molecule has 0 aromatic heterocycles. The van der Waals surface area contributed by atoms with Gasteiger partial charge in [-0.15, -0.1) is 0 Å². The Hall–Kier alpha value is 0.270. The molecule has 12 heavy (non-hydrogen) atoms. The van der Waals surface area contributed by atoms with Crippen molar-refractivity contribution in [2.24, 2.45) is 0 Å². The van der Waals surface area contributed by atoms with Crippen LogP contribution in [0.25, 0.3) is 0 Å². The number of rotatable bonds is 3. The largest absolute Gasteiger partial charge is 0.308 e. The minimum absolute atomic E-state index is 0.781. The second-order valence-electron chi connectivity index (χ2n) is 3.76. The summed E-state index contributed by atoms with van der Waals surface area (Å²) in [5, 5.41) is 0. The van der Waals surface area contributed by atoms with E-state index in [2.05, 4.69) is 42.6 Å². The molecule has 72 valence electrons. The van der Waals surface area contributed by atoms with Gasteiger partial charge in [0.15, 0.2) is 0 Å². The van der Waals surface area contributed by atoms with E-state index < -0.39 is 0 Å². The molecule has 0 aliphatic carbocycles. The van der Waals surface area contributed by atoms with Crippen LogP contribution in [-0.2, 0) is 0 Å². The molecule has 0 aromatic rings. The van der Waals surface area contributed by atoms with Crippen LogP contribution in [-0.4, -0.2) is 61.1 Å². The zero-order chi connectivity index (χ0) is 8.97. The number of likely N-dealkylation sites (N-methyl/N-ethyl adjacent to an activating group) is 1. The van der Waals surface area contributed by atoms with Gasteiger partial charge in [0.1, 0.15) is 0 Å². The Morgan fingerprint density at radius 2 is 2.25 bits per heavy atom. The van der Waals surface area contributed by atoms with Gasteiger partial charge >= 0.3 is 0 Å². The zero-order valence-corrected chi connectivity index (χ0v) is 9.23. The molecular weight excluding hydrogens is 168 g/mol. The summed E-state index contributed by atoms with van der Waals surface area (Å²) < 4.78 is 0. The Labute approximate surface area is 80.3 Å². The summed E-state index contributed by atoms with van der Waals surface area (Å²) in [6, 6.07) is 0.781. The lowest BCUT2D eigenvalue weighted by molar-refractivity contribution is 0.208. The first-order valence-corrected chi connectivity index (χ1v) is 5.82. The quantitative estimate of drug-likeness (QED) is 0.652. The molecule has 2 nitrogen and oxygen atoms in total. The van der Waals surface area contributed by atoms with Crippen molar-refractivity contribution in [1.29, 1.82) is 0 Å². The molecule has 1 aliphatic rings. The minimum atomic E-state index is 0.781. The highest BCUT2D eigenvalue weighted by atomic mass is 32.2. The zero-order valence-electron chi connectivity index (χ0n) is 8.42. The van der Waals surface area contributed by atoms with Gasteiger partial charge in [0, 0.05) is 37.2 Å². The average molecular weight is 188 g/mol. The number of hydrogen-bond acceptors (Lipinski definition) is 3. The van der Waals surface area contributed by atoms with Gasteiger partial charge in [0.25, 0.3) is 0 Å². The van der Waals surface area contributed by atoms with E-state index in [9.17, 15) is 0 Å². The van der Waals surface area contributed by atoms with E-state index in [1.807, 2.05) is 0 Å². The molecule has 1 aliphatic heterocycles. The van der Waals surface area contributed by atoms with E-state index in [4.69, 9.17) is 0 Å². The third-order valence-electron chi connectivity index (χ3n) is 2.34. The monoisotopic (exact) mass is 188 g/mol. The molecule has 0 spiro atoms. The topological polar surface area (TPSA) is 6.48 Å². The molecule has 0 radical (unpaired) electrons. The molecule has 1 atom stereocenters. The summed E-state index contributed by atoms with van der Waals surface area (Å²) >= 11 is 2.09. The van der Waals surface area contributed by atoms with Crippen molar-refractivity contribution >= 4 is 11.8 Å². The Morgan fingerprint density at radius 3 is 2.83 bits per heavy atom. The van der Waals surface area contributed by atoms with Crippen molar-refractivity contribution < 1.29 is 0 Å². The van der Waals surface area contributed by atoms with E-state index in [1.54, 1.807) is 0 Å². The third kappa shape index (κ3) is 3.33. The van der Waals surface area contributed by atoms with Crippen LogP contribution >= 0.6 is 11.8 Å². The second-order valence-corrected chi connectivity index (χ2v) is 4.91. The van der Waals surface area contributed by atoms with Crippen molar-refractivity contribution in [2.45, 2.75) is 13.0 Å². The van der Waals surface area contributed by atoms with Gasteiger partial charge in [-0.2, -0.15) is 11.8 Å². The lowest BCUT2D eigenvalue weighted by Gasteiger charge is -2.33. The van der Waals surface area contributed by atoms with Crippen LogP contribution in [0.3, 0.4) is 0 Å². The Bertz CT molecular complexity index is 128. The van der Waals surface area contributed by atoms with Gasteiger partial charge in [-0.25, -0.2) is 0 Å². The van der Waals surface area contributed by atoms with E-state index in [-0.39, 0.29) is 0 Å². The molecule has 1 unspecified atom stereocenters. The summed E-state index contributed by atoms with van der Waals surface area (Å²) in [7, 11) is 4.28. The van der Waals surface area contributed by atoms with E-state index in [0.29, 0.717) is 0 Å². The first kappa shape index (κ1) is 10.4. The summed E-state index contributed by atoms with van der Waals surface area (Å²) in [6.07, 6.45) is 0. The van der Waals surface area contributed by atoms with E-state index in [1.165, 1.54) is 31.1 Å². The maximum atomic E-state index is 2.59. The smallest absolute Gasteiger partial charge is 0.0158 e. The Morgan fingerprint density at radius 1 is 1.50 bits per heavy atom. The lowest BCUT2D eigenvalue weighted by atomic mass is 10.3. The third-order valence-corrected chi connectivity index (χ3v) is 3.53. The van der Waals surface area contributed by atoms with Crippen LogP contribution in [0, 0.1) is 0 Å². The molecule has 0 N–H and O–H groups in total. The van der Waals surface area contributed by atoms with E-state index in [0.717, 1.165) is 6.04 Å². The van der Waals surface area contributed by atoms with Crippen LogP contribution in [0.4, 0.5) is 0 Å². The summed E-state index contributed by atoms with van der Waals surface area (Å²) in [6.45, 7) is 6.03. The predicted molar refractivity (Wildman–Crippen MR) is 56.9 cm³/mol. The van der Waals surface area contributed by atoms with Crippen LogP contribution in [0.2, 0.25) is 0 Å². The number of nitrogens with zero attached hydrogens (tertiary/aromatic N) is 2. The molecular formula is C9H20N2S. The highest BCUT2D eigenvalue weighted by Gasteiger charge is 2.17. The Kier molecular flexibility index (Phi) is 4.40. The van der Waals surface area contributed by atoms with Gasteiger partial charge in [-0.1, -0.05) is 0 Å². The molecule has 0 amide bonds. The first-order valence-electron chi connectivity index (χ1n) is 4.66. The van der Waals surface area contributed by atoms with Crippen molar-refractivity contribution in [3.63, 3.8) is 0 Å². The normalized spacial score (nSPS) is 26.5. The van der Waals surface area contributed by atoms with Crippen LogP contribution < -0.4 is 0 Å². The van der Waals surface area contributed by atoms with Gasteiger partial charge < -0.3 is 4.90 Å². The van der Waals surface area contributed by atoms with Gasteiger partial charge in [0.05, 0.1) is 0 Å². The molecule has 1 rings (SSSR count). The highest BCUT2D eigenvalue weighted by molar-refractivity contribution is 7.99. The van der Waals surface area contributed by atoms with Crippen molar-refractivity contribution in [1.82, 2.24) is 9.80 Å². The highest BCUT2D eigenvalue weighted by Crippen LogP contribution is 2.15. The second kappa shape index (κ2) is 5.10. The summed E-state index contributed by atoms with van der Waals surface area (Å²) in [5.41, 5.74) is 0. The molecule has 3 heteroatoms. The summed E-state index contributed by atoms with van der Waals surface area (Å²) in [5.74, 6) is 2.63. The van der Waals surface area contributed by atoms with Crippen LogP contribution in [0.1, 0.15) is 6.92 Å². The van der Waals surface area contributed by atoms with Gasteiger partial charge in [-0.3, -0.25) is 4.90 Å². The van der Waals surface area contributed by atoms with Crippen molar-refractivity contribution in [2.75, 3.05) is 45.2 Å². The molecule has 1 heterocycles. The number of hydrogen-bond donors (Lipinski definition) is 0. The SMILES string of the molecule is CC1CSCCN1CCN(C)C. The minimum Gasteiger partial charge on any atom is -0.308 e. The van der Waals surface area contributed by atoms with E-state index >= 15 is 0 Å². The fourth-order valence-corrected chi connectivity index (χ4v) is 2.50. The van der Waals surface area contributed by atoms with Crippen molar-refractivity contribution in [3.05, 3.63) is 0 Å². The fraction of sp³-hybridized carbons (Fsp3) is 1.00. The van der Waals surface area contributed by atoms with Gasteiger partial charge in [-0.05, 0) is 21.0 Å². The van der Waals surface area contributed by atoms with Gasteiger partial charge in [0.2, 0.25) is 0 Å². The fourth-order valence-electron chi connectivity index (χ4n) is 1.42. The first-order chi connectivity index (χ1) is 5.70. The molecule has 0 aromatic carbocycles. The molecule has 1 fully saturated rings. The maximum absolute atomic E-state index is 2.59. The molecule has 0 saturated carbocycles.